The molecule has 0 amide bonds. The third-order valence-corrected chi connectivity index (χ3v) is 3.76. The standard InChI is InChI=1S/C13H22N4/c1-13(2)7-4-3-5-11(13)16-10-6-8-15-12(9-10)17-14/h6,8-9,11H,3-5,7,14H2,1-2H3,(H2,15,16,17). The highest BCUT2D eigenvalue weighted by molar-refractivity contribution is 5.52. The normalized spacial score (nSPS) is 23.1. The highest BCUT2D eigenvalue weighted by atomic mass is 15.2. The van der Waals surface area contributed by atoms with Gasteiger partial charge in [-0.15, -0.1) is 0 Å². The number of hydrogen-bond acceptors (Lipinski definition) is 4. The van der Waals surface area contributed by atoms with Crippen LogP contribution in [0.5, 0.6) is 0 Å². The van der Waals surface area contributed by atoms with Gasteiger partial charge in [-0.2, -0.15) is 0 Å². The summed E-state index contributed by atoms with van der Waals surface area (Å²) >= 11 is 0. The fourth-order valence-corrected chi connectivity index (χ4v) is 2.56. The molecule has 94 valence electrons. The van der Waals surface area contributed by atoms with E-state index in [2.05, 4.69) is 29.6 Å². The number of nitrogens with one attached hydrogen (secondary N) is 2. The quantitative estimate of drug-likeness (QED) is 0.556. The smallest absolute Gasteiger partial charge is 0.141 e. The summed E-state index contributed by atoms with van der Waals surface area (Å²) in [6.45, 7) is 4.68. The lowest BCUT2D eigenvalue weighted by atomic mass is 9.73. The molecule has 1 aromatic heterocycles. The van der Waals surface area contributed by atoms with Crippen molar-refractivity contribution in [1.29, 1.82) is 0 Å². The van der Waals surface area contributed by atoms with Gasteiger partial charge in [0.05, 0.1) is 0 Å². The lowest BCUT2D eigenvalue weighted by molar-refractivity contribution is 0.217. The Balaban J connectivity index is 2.08. The van der Waals surface area contributed by atoms with Crippen molar-refractivity contribution in [2.24, 2.45) is 11.3 Å². The van der Waals surface area contributed by atoms with E-state index in [9.17, 15) is 0 Å². The van der Waals surface area contributed by atoms with Crippen molar-refractivity contribution >= 4 is 11.5 Å². The Morgan fingerprint density at radius 1 is 1.41 bits per heavy atom. The molecule has 1 aromatic rings. The van der Waals surface area contributed by atoms with Crippen molar-refractivity contribution < 1.29 is 0 Å². The molecule has 0 radical (unpaired) electrons. The van der Waals surface area contributed by atoms with E-state index in [0.29, 0.717) is 17.3 Å². The van der Waals surface area contributed by atoms with Crippen molar-refractivity contribution in [2.75, 3.05) is 10.7 Å². The van der Waals surface area contributed by atoms with E-state index in [1.165, 1.54) is 25.7 Å². The van der Waals surface area contributed by atoms with E-state index in [0.717, 1.165) is 5.69 Å². The van der Waals surface area contributed by atoms with Crippen molar-refractivity contribution in [3.05, 3.63) is 18.3 Å². The Morgan fingerprint density at radius 3 is 2.94 bits per heavy atom. The monoisotopic (exact) mass is 234 g/mol. The van der Waals surface area contributed by atoms with Crippen LogP contribution in [0.1, 0.15) is 39.5 Å². The van der Waals surface area contributed by atoms with Gasteiger partial charge < -0.3 is 10.7 Å². The van der Waals surface area contributed by atoms with Crippen molar-refractivity contribution in [2.45, 2.75) is 45.6 Å². The molecule has 1 heterocycles. The van der Waals surface area contributed by atoms with Crippen molar-refractivity contribution in [3.63, 3.8) is 0 Å². The molecule has 0 aliphatic heterocycles. The van der Waals surface area contributed by atoms with Crippen LogP contribution in [-0.2, 0) is 0 Å². The lowest BCUT2D eigenvalue weighted by Crippen LogP contribution is -2.38. The number of hydrazine groups is 1. The zero-order valence-electron chi connectivity index (χ0n) is 10.7. The topological polar surface area (TPSA) is 63.0 Å². The first-order valence-corrected chi connectivity index (χ1v) is 6.31. The molecular weight excluding hydrogens is 212 g/mol. The largest absolute Gasteiger partial charge is 0.382 e. The summed E-state index contributed by atoms with van der Waals surface area (Å²) in [4.78, 5) is 4.11. The number of hydrogen-bond donors (Lipinski definition) is 3. The molecule has 1 aliphatic carbocycles. The molecule has 4 N–H and O–H groups in total. The number of nitrogens with two attached hydrogens (primary N) is 1. The summed E-state index contributed by atoms with van der Waals surface area (Å²) in [5, 5.41) is 3.61. The number of aromatic nitrogens is 1. The Kier molecular flexibility index (Phi) is 3.52. The zero-order chi connectivity index (χ0) is 12.3. The number of nitrogens with zero attached hydrogens (tertiary/aromatic N) is 1. The highest BCUT2D eigenvalue weighted by Gasteiger charge is 2.31. The lowest BCUT2D eigenvalue weighted by Gasteiger charge is -2.39. The molecule has 1 unspecified atom stereocenters. The maximum Gasteiger partial charge on any atom is 0.141 e. The minimum Gasteiger partial charge on any atom is -0.382 e. The van der Waals surface area contributed by atoms with Crippen LogP contribution in [0.2, 0.25) is 0 Å². The van der Waals surface area contributed by atoms with Crippen LogP contribution in [0.15, 0.2) is 18.3 Å². The van der Waals surface area contributed by atoms with Gasteiger partial charge in [0, 0.05) is 24.0 Å². The van der Waals surface area contributed by atoms with Gasteiger partial charge in [0.25, 0.3) is 0 Å². The fourth-order valence-electron chi connectivity index (χ4n) is 2.56. The van der Waals surface area contributed by atoms with E-state index in [-0.39, 0.29) is 0 Å². The summed E-state index contributed by atoms with van der Waals surface area (Å²) in [5.41, 5.74) is 4.02. The predicted molar refractivity (Wildman–Crippen MR) is 71.7 cm³/mol. The molecule has 1 atom stereocenters. The third-order valence-electron chi connectivity index (χ3n) is 3.76. The Labute approximate surface area is 103 Å². The van der Waals surface area contributed by atoms with E-state index < -0.39 is 0 Å². The van der Waals surface area contributed by atoms with Gasteiger partial charge in [0.2, 0.25) is 0 Å². The van der Waals surface area contributed by atoms with Crippen molar-refractivity contribution in [3.8, 4) is 0 Å². The number of rotatable bonds is 3. The van der Waals surface area contributed by atoms with Gasteiger partial charge in [-0.1, -0.05) is 26.7 Å². The van der Waals surface area contributed by atoms with E-state index >= 15 is 0 Å². The summed E-state index contributed by atoms with van der Waals surface area (Å²) in [5.74, 6) is 6.06. The van der Waals surface area contributed by atoms with Crippen LogP contribution in [0, 0.1) is 5.41 Å². The number of pyridine rings is 1. The van der Waals surface area contributed by atoms with E-state index in [1.807, 2.05) is 12.1 Å². The highest BCUT2D eigenvalue weighted by Crippen LogP contribution is 2.37. The second kappa shape index (κ2) is 4.92. The first-order chi connectivity index (χ1) is 8.12. The average Bonchev–Trinajstić information content (AvgIpc) is 2.32. The molecule has 1 saturated carbocycles. The van der Waals surface area contributed by atoms with Crippen LogP contribution < -0.4 is 16.6 Å². The Hall–Kier alpha value is -1.29. The van der Waals surface area contributed by atoms with Gasteiger partial charge in [-0.25, -0.2) is 10.8 Å². The summed E-state index contributed by atoms with van der Waals surface area (Å²) in [6.07, 6.45) is 6.96. The maximum atomic E-state index is 5.36. The molecule has 0 spiro atoms. The van der Waals surface area contributed by atoms with Gasteiger partial charge in [-0.3, -0.25) is 0 Å². The van der Waals surface area contributed by atoms with Crippen LogP contribution in [0.3, 0.4) is 0 Å². The molecule has 4 nitrogen and oxygen atoms in total. The molecule has 1 aliphatic rings. The van der Waals surface area contributed by atoms with Crippen molar-refractivity contribution in [1.82, 2.24) is 4.98 Å². The SMILES string of the molecule is CC1(C)CCCCC1Nc1ccnc(NN)c1. The maximum absolute atomic E-state index is 5.36. The van der Waals surface area contributed by atoms with Gasteiger partial charge in [-0.05, 0) is 24.3 Å². The molecule has 17 heavy (non-hydrogen) atoms. The second-order valence-electron chi connectivity index (χ2n) is 5.51. The number of nitrogen functional groups attached to an aromatic ring is 1. The molecule has 0 aromatic carbocycles. The summed E-state index contributed by atoms with van der Waals surface area (Å²) < 4.78 is 0. The Bertz CT molecular complexity index is 375. The van der Waals surface area contributed by atoms with E-state index in [4.69, 9.17) is 5.84 Å². The van der Waals surface area contributed by atoms with Crippen LogP contribution in [0.4, 0.5) is 11.5 Å². The molecule has 0 saturated heterocycles. The fraction of sp³-hybridized carbons (Fsp3) is 0.615. The molecule has 2 rings (SSSR count). The first kappa shape index (κ1) is 12.2. The number of anilines is 2. The summed E-state index contributed by atoms with van der Waals surface area (Å²) in [6, 6.07) is 4.47. The van der Waals surface area contributed by atoms with E-state index in [1.54, 1.807) is 6.20 Å². The predicted octanol–water partition coefficient (Wildman–Crippen LogP) is 2.75. The van der Waals surface area contributed by atoms with Gasteiger partial charge in [0.15, 0.2) is 0 Å². The molecular formula is C13H22N4. The minimum absolute atomic E-state index is 0.359. The van der Waals surface area contributed by atoms with Gasteiger partial charge in [0.1, 0.15) is 5.82 Å². The zero-order valence-corrected chi connectivity index (χ0v) is 10.7. The first-order valence-electron chi connectivity index (χ1n) is 6.31. The third kappa shape index (κ3) is 2.88. The van der Waals surface area contributed by atoms with Crippen LogP contribution in [-0.4, -0.2) is 11.0 Å². The summed E-state index contributed by atoms with van der Waals surface area (Å²) in [7, 11) is 0. The second-order valence-corrected chi connectivity index (χ2v) is 5.51. The van der Waals surface area contributed by atoms with Crippen LogP contribution >= 0.6 is 0 Å². The molecule has 0 bridgehead atoms. The molecule has 1 fully saturated rings. The average molecular weight is 234 g/mol. The molecule has 4 heteroatoms. The van der Waals surface area contributed by atoms with Crippen LogP contribution in [0.25, 0.3) is 0 Å². The Morgan fingerprint density at radius 2 is 2.24 bits per heavy atom. The van der Waals surface area contributed by atoms with Gasteiger partial charge >= 0.3 is 0 Å². The minimum atomic E-state index is 0.359.